The van der Waals surface area contributed by atoms with Crippen LogP contribution in [0.5, 0.6) is 0 Å². The molecule has 0 spiro atoms. The fraction of sp³-hybridized carbons (Fsp3) is 0.533. The third kappa shape index (κ3) is 4.91. The Bertz CT molecular complexity index is 1340. The fourth-order valence-electron chi connectivity index (χ4n) is 6.16. The van der Waals surface area contributed by atoms with Gasteiger partial charge in [-0.15, -0.1) is 0 Å². The second kappa shape index (κ2) is 11.5. The highest BCUT2D eigenvalue weighted by molar-refractivity contribution is 6.31. The molecule has 2 heterocycles. The van der Waals surface area contributed by atoms with E-state index in [2.05, 4.69) is 10.6 Å². The molecule has 0 aromatic heterocycles. The zero-order valence-corrected chi connectivity index (χ0v) is 25.0. The highest BCUT2D eigenvalue weighted by Gasteiger charge is 2.75. The maximum Gasteiger partial charge on any atom is 0.336 e. The minimum Gasteiger partial charge on any atom is -0.466 e. The zero-order chi connectivity index (χ0) is 30.2. The summed E-state index contributed by atoms with van der Waals surface area (Å²) in [5, 5.41) is 6.34. The normalized spacial score (nSPS) is 26.4. The van der Waals surface area contributed by atoms with Crippen molar-refractivity contribution in [2.75, 3.05) is 33.5 Å². The maximum atomic E-state index is 13.3. The standard InChI is InChI=1S/C30H37ClN2O8/c1-7-40-25(35)23-20(33-17(2)21(24(34)38-6)22(23)18-10-8-9-11-19(18)31)16-39-15-14-32-26(36)30-13-12-29(5,27(37)41-30)28(30,3)4/h8-11,22,33H,7,12-16H2,1-6H3,(H,32,36)/t22-,29+,30-/m1/s1. The molecule has 0 unspecified atom stereocenters. The molecule has 0 radical (unpaired) electrons. The Morgan fingerprint density at radius 1 is 1.12 bits per heavy atom. The van der Waals surface area contributed by atoms with Crippen LogP contribution in [0.25, 0.3) is 0 Å². The molecule has 10 nitrogen and oxygen atoms in total. The highest BCUT2D eigenvalue weighted by atomic mass is 35.5. The molecule has 2 N–H and O–H groups in total. The van der Waals surface area contributed by atoms with E-state index in [-0.39, 0.29) is 49.4 Å². The molecule has 1 amide bonds. The first-order valence-corrected chi connectivity index (χ1v) is 14.0. The van der Waals surface area contributed by atoms with Crippen molar-refractivity contribution in [2.24, 2.45) is 10.8 Å². The van der Waals surface area contributed by atoms with Gasteiger partial charge in [0.1, 0.15) is 0 Å². The van der Waals surface area contributed by atoms with Gasteiger partial charge in [0.2, 0.25) is 0 Å². The molecule has 3 aliphatic rings. The Labute approximate surface area is 244 Å². The van der Waals surface area contributed by atoms with Crippen LogP contribution in [0.2, 0.25) is 5.02 Å². The number of hydrogen-bond donors (Lipinski definition) is 2. The number of rotatable bonds is 10. The zero-order valence-electron chi connectivity index (χ0n) is 24.3. The van der Waals surface area contributed by atoms with Gasteiger partial charge in [-0.3, -0.25) is 9.59 Å². The van der Waals surface area contributed by atoms with Crippen LogP contribution in [0.4, 0.5) is 0 Å². The Morgan fingerprint density at radius 2 is 1.83 bits per heavy atom. The lowest BCUT2D eigenvalue weighted by molar-refractivity contribution is -0.168. The number of allylic oxidation sites excluding steroid dienone is 1. The van der Waals surface area contributed by atoms with Gasteiger partial charge in [-0.1, -0.05) is 43.6 Å². The molecule has 11 heteroatoms. The van der Waals surface area contributed by atoms with E-state index >= 15 is 0 Å². The van der Waals surface area contributed by atoms with Crippen molar-refractivity contribution in [2.45, 2.75) is 59.0 Å². The van der Waals surface area contributed by atoms with Gasteiger partial charge in [-0.25, -0.2) is 9.59 Å². The van der Waals surface area contributed by atoms with Gasteiger partial charge < -0.3 is 29.6 Å². The predicted octanol–water partition coefficient (Wildman–Crippen LogP) is 3.55. The van der Waals surface area contributed by atoms with Crippen LogP contribution >= 0.6 is 11.6 Å². The SMILES string of the molecule is CCOC(=O)C1=C(COCCNC(=O)[C@@]23CC[C@@](C)(C(=O)O2)C3(C)C)NC(C)=C(C(=O)OC)[C@H]1c1ccccc1Cl. The van der Waals surface area contributed by atoms with Gasteiger partial charge >= 0.3 is 17.9 Å². The number of dihydropyridines is 1. The minimum atomic E-state index is -1.21. The molecule has 3 atom stereocenters. The van der Waals surface area contributed by atoms with Crippen molar-refractivity contribution in [3.05, 3.63) is 57.4 Å². The molecule has 4 rings (SSSR count). The average Bonchev–Trinajstić information content (AvgIpc) is 3.22. The van der Waals surface area contributed by atoms with Gasteiger partial charge in [0.15, 0.2) is 5.60 Å². The summed E-state index contributed by atoms with van der Waals surface area (Å²) in [5.41, 5.74) is -0.721. The molecular weight excluding hydrogens is 552 g/mol. The van der Waals surface area contributed by atoms with Crippen LogP contribution in [0.3, 0.4) is 0 Å². The van der Waals surface area contributed by atoms with E-state index in [0.29, 0.717) is 34.8 Å². The molecule has 1 aromatic rings. The molecule has 1 aromatic carbocycles. The summed E-state index contributed by atoms with van der Waals surface area (Å²) in [4.78, 5) is 51.9. The average molecular weight is 589 g/mol. The second-order valence-electron chi connectivity index (χ2n) is 11.2. The van der Waals surface area contributed by atoms with E-state index < -0.39 is 34.3 Å². The van der Waals surface area contributed by atoms with E-state index in [9.17, 15) is 19.2 Å². The Hall–Kier alpha value is -3.37. The van der Waals surface area contributed by atoms with Gasteiger partial charge in [0.05, 0.1) is 55.1 Å². The van der Waals surface area contributed by atoms with Crippen molar-refractivity contribution in [1.82, 2.24) is 10.6 Å². The van der Waals surface area contributed by atoms with Crippen LogP contribution < -0.4 is 10.6 Å². The van der Waals surface area contributed by atoms with Gasteiger partial charge in [0.25, 0.3) is 5.91 Å². The summed E-state index contributed by atoms with van der Waals surface area (Å²) in [5.74, 6) is -2.78. The number of ether oxygens (including phenoxy) is 4. The number of nitrogens with one attached hydrogen (secondary N) is 2. The number of esters is 3. The number of amides is 1. The summed E-state index contributed by atoms with van der Waals surface area (Å²) < 4.78 is 21.9. The first kappa shape index (κ1) is 30.6. The quantitative estimate of drug-likeness (QED) is 0.239. The predicted molar refractivity (Wildman–Crippen MR) is 149 cm³/mol. The van der Waals surface area contributed by atoms with Gasteiger partial charge in [-0.05, 0) is 45.2 Å². The van der Waals surface area contributed by atoms with Crippen molar-refractivity contribution >= 4 is 35.4 Å². The van der Waals surface area contributed by atoms with E-state index in [0.717, 1.165) is 0 Å². The molecule has 2 aliphatic heterocycles. The number of carbonyl (C=O) groups excluding carboxylic acids is 4. The van der Waals surface area contributed by atoms with Gasteiger partial charge in [0, 0.05) is 22.7 Å². The lowest BCUT2D eigenvalue weighted by atomic mass is 9.66. The van der Waals surface area contributed by atoms with E-state index in [1.165, 1.54) is 7.11 Å². The third-order valence-electron chi connectivity index (χ3n) is 8.99. The third-order valence-corrected chi connectivity index (χ3v) is 9.33. The van der Waals surface area contributed by atoms with Crippen LogP contribution in [0.1, 0.15) is 58.9 Å². The van der Waals surface area contributed by atoms with Crippen LogP contribution in [-0.2, 0) is 38.1 Å². The van der Waals surface area contributed by atoms with Crippen LogP contribution in [0.15, 0.2) is 46.8 Å². The lowest BCUT2D eigenvalue weighted by Crippen LogP contribution is -2.54. The second-order valence-corrected chi connectivity index (χ2v) is 11.6. The Kier molecular flexibility index (Phi) is 8.57. The first-order chi connectivity index (χ1) is 19.4. The summed E-state index contributed by atoms with van der Waals surface area (Å²) in [6, 6.07) is 6.95. The van der Waals surface area contributed by atoms with Gasteiger partial charge in [-0.2, -0.15) is 0 Å². The smallest absolute Gasteiger partial charge is 0.336 e. The molecule has 222 valence electrons. The summed E-state index contributed by atoms with van der Waals surface area (Å²) in [6.45, 7) is 9.38. The van der Waals surface area contributed by atoms with Crippen molar-refractivity contribution < 1.29 is 38.1 Å². The summed E-state index contributed by atoms with van der Waals surface area (Å²) in [6.07, 6.45) is 1.05. The topological polar surface area (TPSA) is 129 Å². The van der Waals surface area contributed by atoms with E-state index in [1.54, 1.807) is 38.1 Å². The maximum absolute atomic E-state index is 13.3. The first-order valence-electron chi connectivity index (χ1n) is 13.7. The van der Waals surface area contributed by atoms with E-state index in [1.807, 2.05) is 20.8 Å². The highest BCUT2D eigenvalue weighted by Crippen LogP contribution is 2.65. The summed E-state index contributed by atoms with van der Waals surface area (Å²) in [7, 11) is 1.27. The Balaban J connectivity index is 1.52. The van der Waals surface area contributed by atoms with Crippen LogP contribution in [-0.4, -0.2) is 62.9 Å². The number of carbonyl (C=O) groups is 4. The molecule has 1 saturated carbocycles. The molecule has 41 heavy (non-hydrogen) atoms. The lowest BCUT2D eigenvalue weighted by Gasteiger charge is -2.35. The fourth-order valence-corrected chi connectivity index (χ4v) is 6.41. The largest absolute Gasteiger partial charge is 0.466 e. The molecule has 2 bridgehead atoms. The Morgan fingerprint density at radius 3 is 2.41 bits per heavy atom. The monoisotopic (exact) mass is 588 g/mol. The number of methoxy groups -OCH3 is 1. The number of hydrogen-bond acceptors (Lipinski definition) is 9. The minimum absolute atomic E-state index is 0.0412. The molecular formula is C30H37ClN2O8. The van der Waals surface area contributed by atoms with E-state index in [4.69, 9.17) is 30.5 Å². The van der Waals surface area contributed by atoms with Crippen molar-refractivity contribution in [3.8, 4) is 0 Å². The molecule has 2 fully saturated rings. The van der Waals surface area contributed by atoms with Crippen molar-refractivity contribution in [3.63, 3.8) is 0 Å². The van der Waals surface area contributed by atoms with Crippen molar-refractivity contribution in [1.29, 1.82) is 0 Å². The number of benzene rings is 1. The number of halogens is 1. The summed E-state index contributed by atoms with van der Waals surface area (Å²) >= 11 is 6.53. The molecule has 1 aliphatic carbocycles. The van der Waals surface area contributed by atoms with Crippen LogP contribution in [0, 0.1) is 10.8 Å². The number of fused-ring (bicyclic) bond motifs is 2. The molecule has 1 saturated heterocycles.